The van der Waals surface area contributed by atoms with Gasteiger partial charge in [-0.25, -0.2) is 4.79 Å². The molecular formula is C38H38N4O5. The molecule has 9 nitrogen and oxygen atoms in total. The van der Waals surface area contributed by atoms with Crippen molar-refractivity contribution in [2.24, 2.45) is 0 Å². The van der Waals surface area contributed by atoms with Gasteiger partial charge in [0.2, 0.25) is 0 Å². The Morgan fingerprint density at radius 1 is 0.766 bits per heavy atom. The number of benzene rings is 4. The van der Waals surface area contributed by atoms with Crippen LogP contribution in [0.5, 0.6) is 0 Å². The lowest BCUT2D eigenvalue weighted by atomic mass is 9.69. The molecule has 7 rings (SSSR count). The molecule has 4 atom stereocenters. The normalized spacial score (nSPS) is 23.9. The van der Waals surface area contributed by atoms with Crippen LogP contribution in [0.15, 0.2) is 109 Å². The Bertz CT molecular complexity index is 1860. The summed E-state index contributed by atoms with van der Waals surface area (Å²) < 4.78 is 5.99. The molecular weight excluding hydrogens is 592 g/mol. The van der Waals surface area contributed by atoms with Gasteiger partial charge in [0, 0.05) is 16.8 Å². The van der Waals surface area contributed by atoms with Gasteiger partial charge < -0.3 is 19.6 Å². The highest BCUT2D eigenvalue weighted by atomic mass is 16.6. The van der Waals surface area contributed by atoms with Gasteiger partial charge in [0.15, 0.2) is 11.1 Å². The van der Waals surface area contributed by atoms with E-state index in [0.717, 1.165) is 11.1 Å². The maximum absolute atomic E-state index is 15.6. The lowest BCUT2D eigenvalue weighted by molar-refractivity contribution is -0.140. The third kappa shape index (κ3) is 4.48. The number of nitrogens with zero attached hydrogens (tertiary/aromatic N) is 3. The Labute approximate surface area is 274 Å². The summed E-state index contributed by atoms with van der Waals surface area (Å²) in [5, 5.41) is 14.8. The minimum Gasteiger partial charge on any atom is -0.444 e. The second-order valence-electron chi connectivity index (χ2n) is 13.4. The van der Waals surface area contributed by atoms with Crippen LogP contribution in [0.25, 0.3) is 0 Å². The Morgan fingerprint density at radius 2 is 1.23 bits per heavy atom. The standard InChI is InChI=1S/C38H38N4O5/c1-25(43)32-39-37(28-19-11-13-21-30(28)40(33(37)44)23-26-15-7-5-8-16-26)38(42(32)35(46)47-36(2,3)4)29-20-12-14-22-31(29)41(34(38)45)24-27-17-9-6-10-18-27/h5-22,25,32,39,43H,23-24H2,1-4H3. The Kier molecular flexibility index (Phi) is 7.22. The predicted molar refractivity (Wildman–Crippen MR) is 178 cm³/mol. The summed E-state index contributed by atoms with van der Waals surface area (Å²) in [5.74, 6) is -0.863. The van der Waals surface area contributed by atoms with Crippen molar-refractivity contribution in [1.82, 2.24) is 10.2 Å². The van der Waals surface area contributed by atoms with Crippen LogP contribution < -0.4 is 15.1 Å². The molecule has 47 heavy (non-hydrogen) atoms. The lowest BCUT2D eigenvalue weighted by Crippen LogP contribution is -2.66. The fourth-order valence-electron chi connectivity index (χ4n) is 7.50. The van der Waals surface area contributed by atoms with Crippen LogP contribution in [-0.4, -0.2) is 45.8 Å². The van der Waals surface area contributed by atoms with Gasteiger partial charge in [0.1, 0.15) is 11.8 Å². The number of hydrogen-bond donors (Lipinski definition) is 2. The number of aliphatic hydroxyl groups excluding tert-OH is 1. The van der Waals surface area contributed by atoms with Gasteiger partial charge in [-0.05, 0) is 51.0 Å². The predicted octanol–water partition coefficient (Wildman–Crippen LogP) is 5.42. The van der Waals surface area contributed by atoms with Gasteiger partial charge in [-0.3, -0.25) is 19.8 Å². The van der Waals surface area contributed by atoms with E-state index < -0.39 is 46.9 Å². The molecule has 3 aliphatic rings. The minimum atomic E-state index is -1.96. The van der Waals surface area contributed by atoms with Crippen molar-refractivity contribution in [2.45, 2.75) is 69.7 Å². The quantitative estimate of drug-likeness (QED) is 0.306. The van der Waals surface area contributed by atoms with Gasteiger partial charge >= 0.3 is 6.09 Å². The molecule has 2 spiro atoms. The third-order valence-corrected chi connectivity index (χ3v) is 9.26. The zero-order chi connectivity index (χ0) is 33.1. The lowest BCUT2D eigenvalue weighted by Gasteiger charge is -2.43. The molecule has 3 heterocycles. The molecule has 0 radical (unpaired) electrons. The third-order valence-electron chi connectivity index (χ3n) is 9.26. The average Bonchev–Trinajstić information content (AvgIpc) is 3.60. The highest BCUT2D eigenvalue weighted by Gasteiger charge is 2.80. The van der Waals surface area contributed by atoms with Crippen LogP contribution in [0, 0.1) is 0 Å². The van der Waals surface area contributed by atoms with Gasteiger partial charge in [-0.1, -0.05) is 97.1 Å². The van der Waals surface area contributed by atoms with E-state index in [1.807, 2.05) is 103 Å². The molecule has 9 heteroatoms. The molecule has 240 valence electrons. The fraction of sp³-hybridized carbons (Fsp3) is 0.289. The Balaban J connectivity index is 1.52. The van der Waals surface area contributed by atoms with Crippen LogP contribution in [0.3, 0.4) is 0 Å². The van der Waals surface area contributed by atoms with Crippen molar-refractivity contribution in [3.63, 3.8) is 0 Å². The van der Waals surface area contributed by atoms with Gasteiger partial charge in [0.25, 0.3) is 11.8 Å². The van der Waals surface area contributed by atoms with Gasteiger partial charge in [0.05, 0.1) is 24.9 Å². The maximum atomic E-state index is 15.6. The zero-order valence-corrected chi connectivity index (χ0v) is 26.9. The summed E-state index contributed by atoms with van der Waals surface area (Å²) in [4.78, 5) is 50.2. The summed E-state index contributed by atoms with van der Waals surface area (Å²) in [6.07, 6.45) is -3.17. The first-order valence-corrected chi connectivity index (χ1v) is 15.9. The summed E-state index contributed by atoms with van der Waals surface area (Å²) in [6.45, 7) is 7.24. The number of carbonyl (C=O) groups is 3. The monoisotopic (exact) mass is 630 g/mol. The molecule has 0 saturated carbocycles. The van der Waals surface area contributed by atoms with Crippen LogP contribution in [0.2, 0.25) is 0 Å². The number of amides is 3. The van der Waals surface area contributed by atoms with Crippen molar-refractivity contribution >= 4 is 29.3 Å². The highest BCUT2D eigenvalue weighted by molar-refractivity contribution is 6.19. The minimum absolute atomic E-state index is 0.208. The number of hydrogen-bond acceptors (Lipinski definition) is 6. The Morgan fingerprint density at radius 3 is 1.77 bits per heavy atom. The number of anilines is 2. The summed E-state index contributed by atoms with van der Waals surface area (Å²) in [6, 6.07) is 33.9. The van der Waals surface area contributed by atoms with E-state index >= 15 is 9.59 Å². The molecule has 0 aromatic heterocycles. The smallest absolute Gasteiger partial charge is 0.412 e. The van der Waals surface area contributed by atoms with Crippen molar-refractivity contribution in [3.8, 4) is 0 Å². The first-order valence-electron chi connectivity index (χ1n) is 15.9. The van der Waals surface area contributed by atoms with Crippen LogP contribution in [0.1, 0.15) is 49.9 Å². The number of para-hydroxylation sites is 2. The second kappa shape index (κ2) is 11.1. The SMILES string of the molecule is CC(O)C1NC2(C(=O)N(Cc3ccccc3)c3ccccc32)C2(C(=O)N(Cc3ccccc3)c3ccccc32)N1C(=O)OC(C)(C)C. The maximum Gasteiger partial charge on any atom is 0.412 e. The van der Waals surface area contributed by atoms with Gasteiger partial charge in [-0.15, -0.1) is 0 Å². The number of rotatable bonds is 5. The number of fused-ring (bicyclic) bond motifs is 5. The van der Waals surface area contributed by atoms with Crippen molar-refractivity contribution in [2.75, 3.05) is 9.80 Å². The van der Waals surface area contributed by atoms with E-state index in [4.69, 9.17) is 4.74 Å². The van der Waals surface area contributed by atoms with Crippen LogP contribution >= 0.6 is 0 Å². The largest absolute Gasteiger partial charge is 0.444 e. The number of carbonyl (C=O) groups excluding carboxylic acids is 3. The molecule has 0 bridgehead atoms. The van der Waals surface area contributed by atoms with Crippen molar-refractivity contribution < 1.29 is 24.2 Å². The molecule has 1 saturated heterocycles. The second-order valence-corrected chi connectivity index (χ2v) is 13.4. The van der Waals surface area contributed by atoms with E-state index in [-0.39, 0.29) is 13.1 Å². The molecule has 4 unspecified atom stereocenters. The summed E-state index contributed by atoms with van der Waals surface area (Å²) in [7, 11) is 0. The highest BCUT2D eigenvalue weighted by Crippen LogP contribution is 2.62. The number of nitrogens with one attached hydrogen (secondary N) is 1. The van der Waals surface area contributed by atoms with Crippen LogP contribution in [0.4, 0.5) is 16.2 Å². The van der Waals surface area contributed by atoms with Crippen molar-refractivity contribution in [3.05, 3.63) is 131 Å². The Hall–Kier alpha value is -4.99. The number of ether oxygens (including phenoxy) is 1. The average molecular weight is 631 g/mol. The van der Waals surface area contributed by atoms with E-state index in [2.05, 4.69) is 5.32 Å². The fourth-order valence-corrected chi connectivity index (χ4v) is 7.50. The van der Waals surface area contributed by atoms with Crippen LogP contribution in [-0.2, 0) is 38.5 Å². The van der Waals surface area contributed by atoms with E-state index in [9.17, 15) is 9.90 Å². The molecule has 0 aliphatic carbocycles. The molecule has 4 aromatic rings. The first-order chi connectivity index (χ1) is 22.5. The molecule has 3 amide bonds. The summed E-state index contributed by atoms with van der Waals surface area (Å²) in [5.41, 5.74) is -0.693. The van der Waals surface area contributed by atoms with E-state index in [0.29, 0.717) is 22.5 Å². The van der Waals surface area contributed by atoms with E-state index in [1.54, 1.807) is 43.6 Å². The molecule has 4 aromatic carbocycles. The molecule has 2 N–H and O–H groups in total. The van der Waals surface area contributed by atoms with Gasteiger partial charge in [-0.2, -0.15) is 0 Å². The molecule has 1 fully saturated rings. The number of aliphatic hydroxyl groups is 1. The molecule has 3 aliphatic heterocycles. The summed E-state index contributed by atoms with van der Waals surface area (Å²) >= 11 is 0. The topological polar surface area (TPSA) is 102 Å². The van der Waals surface area contributed by atoms with E-state index in [1.165, 1.54) is 4.90 Å². The zero-order valence-electron chi connectivity index (χ0n) is 26.9. The first kappa shape index (κ1) is 30.7. The van der Waals surface area contributed by atoms with Crippen molar-refractivity contribution in [1.29, 1.82) is 0 Å².